The smallest absolute Gasteiger partial charge is 0.130 e. The van der Waals surface area contributed by atoms with Crippen LogP contribution >= 0.6 is 0 Å². The molecule has 5 rings (SSSR count). The van der Waals surface area contributed by atoms with E-state index in [1.54, 1.807) is 6.20 Å². The Labute approximate surface area is 194 Å². The van der Waals surface area contributed by atoms with Crippen LogP contribution in [0.1, 0.15) is 24.0 Å². The molecule has 33 heavy (non-hydrogen) atoms. The number of hydrogen-bond acceptors (Lipinski definition) is 5. The molecule has 1 aliphatic rings. The number of anilines is 2. The van der Waals surface area contributed by atoms with Crippen molar-refractivity contribution in [3.8, 4) is 11.1 Å². The first kappa shape index (κ1) is 21.2. The Kier molecular flexibility index (Phi) is 6.05. The number of nitrogens with two attached hydrogens (primary N) is 1. The molecule has 5 heteroatoms. The van der Waals surface area contributed by atoms with Gasteiger partial charge in [0.05, 0.1) is 5.69 Å². The summed E-state index contributed by atoms with van der Waals surface area (Å²) < 4.78 is 0. The van der Waals surface area contributed by atoms with Crippen molar-refractivity contribution in [3.63, 3.8) is 0 Å². The van der Waals surface area contributed by atoms with E-state index in [0.717, 1.165) is 64.4 Å². The molecule has 0 bridgehead atoms. The Morgan fingerprint density at radius 2 is 1.76 bits per heavy atom. The van der Waals surface area contributed by atoms with Gasteiger partial charge in [-0.2, -0.15) is 0 Å². The van der Waals surface area contributed by atoms with Gasteiger partial charge in [-0.15, -0.1) is 0 Å². The largest absolute Gasteiger partial charge is 0.397 e. The molecule has 0 amide bonds. The molecule has 1 fully saturated rings. The summed E-state index contributed by atoms with van der Waals surface area (Å²) in [5.74, 6) is 1.56. The Morgan fingerprint density at radius 1 is 0.939 bits per heavy atom. The Bertz CT molecular complexity index is 1270. The minimum atomic E-state index is 0.655. The van der Waals surface area contributed by atoms with Crippen molar-refractivity contribution in [2.24, 2.45) is 5.92 Å². The minimum Gasteiger partial charge on any atom is -0.397 e. The number of aromatic nitrogens is 2. The fraction of sp³-hybridized carbons (Fsp3) is 0.214. The summed E-state index contributed by atoms with van der Waals surface area (Å²) in [6.45, 7) is 6.52. The van der Waals surface area contributed by atoms with E-state index in [2.05, 4.69) is 75.7 Å². The van der Waals surface area contributed by atoms with Crippen LogP contribution in [0.4, 0.5) is 11.5 Å². The molecule has 0 aliphatic carbocycles. The van der Waals surface area contributed by atoms with E-state index in [1.165, 1.54) is 18.4 Å². The number of nitrogens with one attached hydrogen (secondary N) is 2. The van der Waals surface area contributed by atoms with E-state index >= 15 is 0 Å². The van der Waals surface area contributed by atoms with E-state index < -0.39 is 0 Å². The monoisotopic (exact) mass is 435 g/mol. The summed E-state index contributed by atoms with van der Waals surface area (Å²) in [5, 5.41) is 8.98. The van der Waals surface area contributed by atoms with Crippen LogP contribution in [0.15, 0.2) is 79.8 Å². The fourth-order valence-electron chi connectivity index (χ4n) is 4.49. The van der Waals surface area contributed by atoms with Gasteiger partial charge < -0.3 is 16.4 Å². The fourth-order valence-corrected chi connectivity index (χ4v) is 4.49. The predicted molar refractivity (Wildman–Crippen MR) is 138 cm³/mol. The highest BCUT2D eigenvalue weighted by atomic mass is 15.0. The number of fused-ring (bicyclic) bond motifs is 1. The second-order valence-electron chi connectivity index (χ2n) is 8.84. The highest BCUT2D eigenvalue weighted by Gasteiger charge is 2.13. The second-order valence-corrected chi connectivity index (χ2v) is 8.84. The maximum absolute atomic E-state index is 5.90. The molecule has 0 unspecified atom stereocenters. The quantitative estimate of drug-likeness (QED) is 0.373. The maximum Gasteiger partial charge on any atom is 0.130 e. The Balaban J connectivity index is 1.30. The van der Waals surface area contributed by atoms with Crippen LogP contribution in [-0.4, -0.2) is 23.1 Å². The molecule has 4 N–H and O–H groups in total. The summed E-state index contributed by atoms with van der Waals surface area (Å²) in [7, 11) is 0. The molecule has 0 radical (unpaired) electrons. The van der Waals surface area contributed by atoms with Crippen LogP contribution in [0, 0.1) is 5.92 Å². The highest BCUT2D eigenvalue weighted by molar-refractivity contribution is 5.89. The first-order valence-electron chi connectivity index (χ1n) is 11.5. The van der Waals surface area contributed by atoms with Crippen molar-refractivity contribution >= 4 is 28.0 Å². The average Bonchev–Trinajstić information content (AvgIpc) is 2.85. The van der Waals surface area contributed by atoms with Crippen molar-refractivity contribution in [3.05, 3.63) is 90.9 Å². The molecule has 3 heterocycles. The first-order chi connectivity index (χ1) is 16.1. The van der Waals surface area contributed by atoms with Crippen LogP contribution in [0.5, 0.6) is 0 Å². The van der Waals surface area contributed by atoms with Crippen LogP contribution in [0.3, 0.4) is 0 Å². The zero-order valence-corrected chi connectivity index (χ0v) is 18.7. The summed E-state index contributed by atoms with van der Waals surface area (Å²) in [5.41, 5.74) is 11.9. The Morgan fingerprint density at radius 3 is 2.55 bits per heavy atom. The third-order valence-electron chi connectivity index (χ3n) is 6.38. The van der Waals surface area contributed by atoms with E-state index in [9.17, 15) is 0 Å². The predicted octanol–water partition coefficient (Wildman–Crippen LogP) is 5.50. The van der Waals surface area contributed by atoms with Crippen LogP contribution in [0.2, 0.25) is 0 Å². The van der Waals surface area contributed by atoms with E-state index in [1.807, 2.05) is 18.5 Å². The molecule has 0 saturated carbocycles. The van der Waals surface area contributed by atoms with Gasteiger partial charge in [-0.05, 0) is 78.5 Å². The molecular weight excluding hydrogens is 406 g/mol. The number of nitrogens with zero attached hydrogens (tertiary/aromatic N) is 2. The van der Waals surface area contributed by atoms with Crippen molar-refractivity contribution in [1.29, 1.82) is 0 Å². The number of pyridine rings is 2. The second kappa shape index (κ2) is 9.43. The lowest BCUT2D eigenvalue weighted by atomic mass is 9.90. The number of hydrogen-bond donors (Lipinski definition) is 3. The standard InChI is InChI=1S/C28H29N5/c1-19(22-4-2-20(3-5-22)12-21-8-10-30-11-9-21)33-28-15-25-13-23(6-7-24(25)17-32-28)26-14-27(29)18-31-16-26/h2-7,13-18,21,30H,1,8-12,29H2,(H,32,33). The Hall–Kier alpha value is -3.70. The molecule has 1 saturated heterocycles. The number of benzene rings is 2. The summed E-state index contributed by atoms with van der Waals surface area (Å²) in [6.07, 6.45) is 9.04. The van der Waals surface area contributed by atoms with Gasteiger partial charge in [-0.1, -0.05) is 43.0 Å². The van der Waals surface area contributed by atoms with Crippen molar-refractivity contribution in [2.75, 3.05) is 24.1 Å². The summed E-state index contributed by atoms with van der Waals surface area (Å²) in [4.78, 5) is 8.78. The number of piperidine rings is 1. The third-order valence-corrected chi connectivity index (χ3v) is 6.38. The topological polar surface area (TPSA) is 75.9 Å². The summed E-state index contributed by atoms with van der Waals surface area (Å²) >= 11 is 0. The SMILES string of the molecule is C=C(Nc1cc2cc(-c3cncc(N)c3)ccc2cn1)c1ccc(CC2CCNCC2)cc1. The maximum atomic E-state index is 5.90. The van der Waals surface area contributed by atoms with Gasteiger partial charge >= 0.3 is 0 Å². The molecule has 166 valence electrons. The van der Waals surface area contributed by atoms with E-state index in [-0.39, 0.29) is 0 Å². The average molecular weight is 436 g/mol. The lowest BCUT2D eigenvalue weighted by Crippen LogP contribution is -2.28. The molecule has 1 aliphatic heterocycles. The van der Waals surface area contributed by atoms with Crippen LogP contribution in [0.25, 0.3) is 27.6 Å². The van der Waals surface area contributed by atoms with Crippen LogP contribution < -0.4 is 16.4 Å². The van der Waals surface area contributed by atoms with Crippen molar-refractivity contribution in [1.82, 2.24) is 15.3 Å². The van der Waals surface area contributed by atoms with Gasteiger partial charge in [0.15, 0.2) is 0 Å². The molecule has 4 aromatic rings. The highest BCUT2D eigenvalue weighted by Crippen LogP contribution is 2.27. The van der Waals surface area contributed by atoms with Crippen molar-refractivity contribution < 1.29 is 0 Å². The molecular formula is C28H29N5. The summed E-state index contributed by atoms with van der Waals surface area (Å²) in [6, 6.07) is 19.0. The van der Waals surface area contributed by atoms with E-state index in [0.29, 0.717) is 5.69 Å². The lowest BCUT2D eigenvalue weighted by Gasteiger charge is -2.22. The zero-order chi connectivity index (χ0) is 22.6. The van der Waals surface area contributed by atoms with Crippen LogP contribution in [-0.2, 0) is 6.42 Å². The lowest BCUT2D eigenvalue weighted by molar-refractivity contribution is 0.372. The molecule has 2 aromatic heterocycles. The van der Waals surface area contributed by atoms with Gasteiger partial charge in [0.25, 0.3) is 0 Å². The molecule has 5 nitrogen and oxygen atoms in total. The normalized spacial score (nSPS) is 14.3. The number of nitrogen functional groups attached to an aromatic ring is 1. The van der Waals surface area contributed by atoms with Gasteiger partial charge in [-0.25, -0.2) is 4.98 Å². The third kappa shape index (κ3) is 5.04. The van der Waals surface area contributed by atoms with Gasteiger partial charge in [0.1, 0.15) is 5.82 Å². The van der Waals surface area contributed by atoms with Gasteiger partial charge in [-0.3, -0.25) is 4.98 Å². The molecule has 2 aromatic carbocycles. The zero-order valence-electron chi connectivity index (χ0n) is 18.7. The van der Waals surface area contributed by atoms with Crippen molar-refractivity contribution in [2.45, 2.75) is 19.3 Å². The van der Waals surface area contributed by atoms with Gasteiger partial charge in [0, 0.05) is 35.2 Å². The van der Waals surface area contributed by atoms with Gasteiger partial charge in [0.2, 0.25) is 0 Å². The molecule has 0 spiro atoms. The minimum absolute atomic E-state index is 0.655. The molecule has 0 atom stereocenters. The van der Waals surface area contributed by atoms with E-state index in [4.69, 9.17) is 5.73 Å². The number of rotatable bonds is 6. The first-order valence-corrected chi connectivity index (χ1v) is 11.5.